The molecule has 0 bridgehead atoms. The van der Waals surface area contributed by atoms with Gasteiger partial charge in [-0.05, 0) is 6.42 Å². The fourth-order valence-electron chi connectivity index (χ4n) is 2.30. The van der Waals surface area contributed by atoms with Gasteiger partial charge in [-0.15, -0.1) is 0 Å². The summed E-state index contributed by atoms with van der Waals surface area (Å²) in [5.41, 5.74) is 0.434. The number of aryl methyl sites for hydroxylation is 1. The van der Waals surface area contributed by atoms with Gasteiger partial charge in [-0.2, -0.15) is 0 Å². The minimum absolute atomic E-state index is 0.141. The van der Waals surface area contributed by atoms with Crippen LogP contribution < -0.4 is 4.90 Å². The summed E-state index contributed by atoms with van der Waals surface area (Å²) < 4.78 is 14.2. The zero-order valence-electron chi connectivity index (χ0n) is 11.5. The first-order valence-corrected chi connectivity index (χ1v) is 6.80. The number of aliphatic carboxylic acids is 1. The third-order valence-corrected chi connectivity index (χ3v) is 3.49. The van der Waals surface area contributed by atoms with Crippen LogP contribution in [0.5, 0.6) is 0 Å². The Morgan fingerprint density at radius 3 is 2.65 bits per heavy atom. The summed E-state index contributed by atoms with van der Waals surface area (Å²) in [6.45, 7) is 5.14. The number of hydrogen-bond donors (Lipinski definition) is 1. The van der Waals surface area contributed by atoms with Crippen molar-refractivity contribution < 1.29 is 14.3 Å². The van der Waals surface area contributed by atoms with Crippen molar-refractivity contribution in [3.8, 4) is 0 Å². The van der Waals surface area contributed by atoms with Crippen molar-refractivity contribution in [3.63, 3.8) is 0 Å². The number of nitrogens with zero attached hydrogens (tertiary/aromatic N) is 4. The van der Waals surface area contributed by atoms with Gasteiger partial charge in [0.15, 0.2) is 11.6 Å². The fraction of sp³-hybridized carbons (Fsp3) is 0.615. The van der Waals surface area contributed by atoms with Crippen LogP contribution >= 0.6 is 0 Å². The van der Waals surface area contributed by atoms with Crippen molar-refractivity contribution in [2.45, 2.75) is 19.8 Å². The number of aromatic nitrogens is 2. The van der Waals surface area contributed by atoms with Gasteiger partial charge in [-0.3, -0.25) is 9.69 Å². The molecule has 0 unspecified atom stereocenters. The lowest BCUT2D eigenvalue weighted by molar-refractivity contribution is -0.137. The summed E-state index contributed by atoms with van der Waals surface area (Å²) >= 11 is 0. The highest BCUT2D eigenvalue weighted by atomic mass is 19.1. The number of hydrogen-bond acceptors (Lipinski definition) is 5. The molecule has 2 rings (SSSR count). The molecule has 0 amide bonds. The lowest BCUT2D eigenvalue weighted by Crippen LogP contribution is -2.47. The molecule has 0 aliphatic carbocycles. The smallest absolute Gasteiger partial charge is 0.304 e. The molecule has 1 aromatic rings. The molecule has 6 nitrogen and oxygen atoms in total. The van der Waals surface area contributed by atoms with E-state index >= 15 is 0 Å². The lowest BCUT2D eigenvalue weighted by Gasteiger charge is -2.35. The summed E-state index contributed by atoms with van der Waals surface area (Å²) in [5, 5.41) is 8.66. The Morgan fingerprint density at radius 1 is 1.35 bits per heavy atom. The first-order valence-electron chi connectivity index (χ1n) is 6.80. The van der Waals surface area contributed by atoms with Gasteiger partial charge in [0.2, 0.25) is 0 Å². The fourth-order valence-corrected chi connectivity index (χ4v) is 2.30. The summed E-state index contributed by atoms with van der Waals surface area (Å²) in [5.74, 6) is -0.773. The second-order valence-electron chi connectivity index (χ2n) is 4.78. The lowest BCUT2D eigenvalue weighted by atomic mass is 10.2. The zero-order valence-corrected chi connectivity index (χ0v) is 11.5. The van der Waals surface area contributed by atoms with Gasteiger partial charge < -0.3 is 10.0 Å². The molecule has 110 valence electrons. The minimum atomic E-state index is -0.790. The SMILES string of the molecule is CCc1ncnc(N2CCN(CCC(=O)O)CC2)c1F. The predicted octanol–water partition coefficient (Wildman–Crippen LogP) is 0.775. The summed E-state index contributed by atoms with van der Waals surface area (Å²) in [6.07, 6.45) is 2.08. The number of piperazine rings is 1. The molecule has 1 aliphatic heterocycles. The molecule has 0 saturated carbocycles. The Morgan fingerprint density at radius 2 is 2.05 bits per heavy atom. The van der Waals surface area contributed by atoms with E-state index in [1.165, 1.54) is 6.33 Å². The second-order valence-corrected chi connectivity index (χ2v) is 4.78. The second kappa shape index (κ2) is 6.60. The van der Waals surface area contributed by atoms with E-state index in [1.807, 2.05) is 11.8 Å². The number of anilines is 1. The number of carbonyl (C=O) groups is 1. The first-order chi connectivity index (χ1) is 9.61. The van der Waals surface area contributed by atoms with Crippen LogP contribution in [0.15, 0.2) is 6.33 Å². The average Bonchev–Trinajstić information content (AvgIpc) is 2.46. The van der Waals surface area contributed by atoms with Crippen LogP contribution in [-0.2, 0) is 11.2 Å². The third-order valence-electron chi connectivity index (χ3n) is 3.49. The van der Waals surface area contributed by atoms with Crippen molar-refractivity contribution in [1.82, 2.24) is 14.9 Å². The van der Waals surface area contributed by atoms with Gasteiger partial charge in [0.1, 0.15) is 6.33 Å². The molecule has 1 fully saturated rings. The largest absolute Gasteiger partial charge is 0.481 e. The molecule has 7 heteroatoms. The standard InChI is InChI=1S/C13H19FN4O2/c1-2-10-12(14)13(16-9-15-10)18-7-5-17(6-8-18)4-3-11(19)20/h9H,2-8H2,1H3,(H,19,20). The minimum Gasteiger partial charge on any atom is -0.481 e. The van der Waals surface area contributed by atoms with Crippen molar-refractivity contribution in [2.24, 2.45) is 0 Å². The van der Waals surface area contributed by atoms with Crippen LogP contribution in [0.3, 0.4) is 0 Å². The van der Waals surface area contributed by atoms with Crippen LogP contribution in [0.2, 0.25) is 0 Å². The van der Waals surface area contributed by atoms with Crippen LogP contribution in [0, 0.1) is 5.82 Å². The summed E-state index contributed by atoms with van der Waals surface area (Å²) in [6, 6.07) is 0. The molecule has 1 saturated heterocycles. The average molecular weight is 282 g/mol. The molecule has 0 spiro atoms. The molecular formula is C13H19FN4O2. The Bertz CT molecular complexity index is 475. The maximum Gasteiger partial charge on any atom is 0.304 e. The van der Waals surface area contributed by atoms with Crippen molar-refractivity contribution in [1.29, 1.82) is 0 Å². The maximum absolute atomic E-state index is 14.2. The molecule has 0 aromatic carbocycles. The van der Waals surface area contributed by atoms with Crippen molar-refractivity contribution in [3.05, 3.63) is 17.8 Å². The van der Waals surface area contributed by atoms with Gasteiger partial charge in [-0.25, -0.2) is 14.4 Å². The van der Waals surface area contributed by atoms with E-state index in [4.69, 9.17) is 5.11 Å². The molecular weight excluding hydrogens is 263 g/mol. The quantitative estimate of drug-likeness (QED) is 0.860. The highest BCUT2D eigenvalue weighted by Gasteiger charge is 2.22. The van der Waals surface area contributed by atoms with E-state index in [1.54, 1.807) is 0 Å². The van der Waals surface area contributed by atoms with E-state index in [0.29, 0.717) is 37.6 Å². The maximum atomic E-state index is 14.2. The number of carboxylic acid groups (broad SMARTS) is 1. The Kier molecular flexibility index (Phi) is 4.84. The van der Waals surface area contributed by atoms with E-state index in [-0.39, 0.29) is 12.2 Å². The first kappa shape index (κ1) is 14.6. The van der Waals surface area contributed by atoms with Crippen LogP contribution in [0.4, 0.5) is 10.2 Å². The Labute approximate surface area is 117 Å². The number of carboxylic acids is 1. The molecule has 1 aliphatic rings. The topological polar surface area (TPSA) is 69.6 Å². The summed E-state index contributed by atoms with van der Waals surface area (Å²) in [4.78, 5) is 22.5. The van der Waals surface area contributed by atoms with Crippen LogP contribution in [0.25, 0.3) is 0 Å². The van der Waals surface area contributed by atoms with Crippen molar-refractivity contribution >= 4 is 11.8 Å². The molecule has 0 radical (unpaired) electrons. The molecule has 1 N–H and O–H groups in total. The normalized spacial score (nSPS) is 16.4. The number of halogens is 1. The highest BCUT2D eigenvalue weighted by Crippen LogP contribution is 2.19. The van der Waals surface area contributed by atoms with Gasteiger partial charge >= 0.3 is 5.97 Å². The van der Waals surface area contributed by atoms with E-state index in [0.717, 1.165) is 13.1 Å². The van der Waals surface area contributed by atoms with E-state index < -0.39 is 5.97 Å². The predicted molar refractivity (Wildman–Crippen MR) is 72.3 cm³/mol. The van der Waals surface area contributed by atoms with Gasteiger partial charge in [0.05, 0.1) is 12.1 Å². The third kappa shape index (κ3) is 3.41. The van der Waals surface area contributed by atoms with E-state index in [9.17, 15) is 9.18 Å². The zero-order chi connectivity index (χ0) is 14.5. The van der Waals surface area contributed by atoms with E-state index in [2.05, 4.69) is 14.9 Å². The molecule has 2 heterocycles. The molecule has 0 atom stereocenters. The van der Waals surface area contributed by atoms with Crippen LogP contribution in [0.1, 0.15) is 19.0 Å². The van der Waals surface area contributed by atoms with Crippen molar-refractivity contribution in [2.75, 3.05) is 37.6 Å². The highest BCUT2D eigenvalue weighted by molar-refractivity contribution is 5.66. The Hall–Kier alpha value is -1.76. The number of rotatable bonds is 5. The monoisotopic (exact) mass is 282 g/mol. The van der Waals surface area contributed by atoms with Gasteiger partial charge in [0, 0.05) is 32.7 Å². The molecule has 1 aromatic heterocycles. The summed E-state index contributed by atoms with van der Waals surface area (Å²) in [7, 11) is 0. The van der Waals surface area contributed by atoms with Crippen LogP contribution in [-0.4, -0.2) is 58.7 Å². The van der Waals surface area contributed by atoms with Gasteiger partial charge in [0.25, 0.3) is 0 Å². The molecule has 20 heavy (non-hydrogen) atoms. The Balaban J connectivity index is 1.95. The van der Waals surface area contributed by atoms with Gasteiger partial charge in [-0.1, -0.05) is 6.92 Å².